The van der Waals surface area contributed by atoms with E-state index in [0.29, 0.717) is 0 Å². The van der Waals surface area contributed by atoms with Crippen molar-refractivity contribution in [3.8, 4) is 0 Å². The Labute approximate surface area is 43.4 Å². The van der Waals surface area contributed by atoms with Gasteiger partial charge in [0.15, 0.2) is 5.63 Å². The first-order valence-corrected chi connectivity index (χ1v) is 2.67. The zero-order valence-corrected chi connectivity index (χ0v) is 4.76. The Kier molecular flexibility index (Phi) is 3.32. The van der Waals surface area contributed by atoms with Gasteiger partial charge < -0.3 is 0 Å². The van der Waals surface area contributed by atoms with Crippen molar-refractivity contribution < 1.29 is 4.39 Å². The van der Waals surface area contributed by atoms with E-state index >= 15 is 0 Å². The standard InChI is InChI=1S/C2H3BrClF/c3-1-2(4)5/h2H,1H2. The van der Waals surface area contributed by atoms with Crippen LogP contribution in [0.1, 0.15) is 0 Å². The lowest BCUT2D eigenvalue weighted by Gasteiger charge is -1.81. The van der Waals surface area contributed by atoms with Crippen LogP contribution in [0.15, 0.2) is 0 Å². The van der Waals surface area contributed by atoms with Crippen molar-refractivity contribution in [2.75, 3.05) is 5.33 Å². The van der Waals surface area contributed by atoms with Crippen LogP contribution < -0.4 is 0 Å². The molecule has 5 heavy (non-hydrogen) atoms. The highest BCUT2D eigenvalue weighted by Gasteiger charge is 1.90. The van der Waals surface area contributed by atoms with Crippen LogP contribution in [0, 0.1) is 0 Å². The molecule has 0 aliphatic carbocycles. The third kappa shape index (κ3) is 4.70. The lowest BCUT2D eigenvalue weighted by molar-refractivity contribution is 0.483. The topological polar surface area (TPSA) is 0 Å². The molecule has 0 fully saturated rings. The van der Waals surface area contributed by atoms with Crippen molar-refractivity contribution in [3.63, 3.8) is 0 Å². The molecule has 0 N–H and O–H groups in total. The van der Waals surface area contributed by atoms with Gasteiger partial charge in [0.25, 0.3) is 0 Å². The van der Waals surface area contributed by atoms with E-state index in [1.54, 1.807) is 0 Å². The fourth-order valence-corrected chi connectivity index (χ4v) is 0. The molecular weight excluding hydrogens is 158 g/mol. The van der Waals surface area contributed by atoms with Crippen molar-refractivity contribution in [3.05, 3.63) is 0 Å². The van der Waals surface area contributed by atoms with Gasteiger partial charge in [-0.05, 0) is 0 Å². The minimum absolute atomic E-state index is 0.217. The van der Waals surface area contributed by atoms with Crippen LogP contribution in [0.4, 0.5) is 4.39 Å². The summed E-state index contributed by atoms with van der Waals surface area (Å²) in [7, 11) is 0. The number of hydrogen-bond donors (Lipinski definition) is 0. The molecule has 0 heterocycles. The summed E-state index contributed by atoms with van der Waals surface area (Å²) >= 11 is 7.56. The maximum atomic E-state index is 11.1. The molecule has 0 aromatic carbocycles. The third-order valence-electron chi connectivity index (χ3n) is 0.117. The van der Waals surface area contributed by atoms with E-state index in [1.165, 1.54) is 0 Å². The maximum Gasteiger partial charge on any atom is 0.183 e. The molecule has 3 heteroatoms. The van der Waals surface area contributed by atoms with Crippen LogP contribution in [0.3, 0.4) is 0 Å². The fourth-order valence-electron chi connectivity index (χ4n) is 0. The summed E-state index contributed by atoms with van der Waals surface area (Å²) in [6.45, 7) is 0. The summed E-state index contributed by atoms with van der Waals surface area (Å²) < 4.78 is 11.1. The second-order valence-corrected chi connectivity index (χ2v) is 1.67. The van der Waals surface area contributed by atoms with E-state index in [1.807, 2.05) is 0 Å². The second-order valence-electron chi connectivity index (χ2n) is 0.545. The van der Waals surface area contributed by atoms with Gasteiger partial charge in [0.2, 0.25) is 0 Å². The summed E-state index contributed by atoms with van der Waals surface area (Å²) in [6, 6.07) is 0. The van der Waals surface area contributed by atoms with Crippen molar-refractivity contribution in [2.45, 2.75) is 5.63 Å². The fraction of sp³-hybridized carbons (Fsp3) is 1.00. The van der Waals surface area contributed by atoms with E-state index in [4.69, 9.17) is 11.6 Å². The molecule has 0 amide bonds. The molecule has 0 rings (SSSR count). The van der Waals surface area contributed by atoms with Crippen LogP contribution in [-0.2, 0) is 0 Å². The monoisotopic (exact) mass is 160 g/mol. The highest BCUT2D eigenvalue weighted by Crippen LogP contribution is 1.98. The molecule has 1 atom stereocenters. The molecular formula is C2H3BrClF. The van der Waals surface area contributed by atoms with Gasteiger partial charge in [-0.3, -0.25) is 0 Å². The zero-order chi connectivity index (χ0) is 4.28. The molecule has 0 saturated carbocycles. The Morgan fingerprint density at radius 1 is 2.00 bits per heavy atom. The van der Waals surface area contributed by atoms with Crippen LogP contribution in [0.2, 0.25) is 0 Å². The molecule has 1 unspecified atom stereocenters. The average Bonchev–Trinajstić information content (AvgIpc) is 1.38. The van der Waals surface area contributed by atoms with E-state index in [2.05, 4.69) is 15.9 Å². The quantitative estimate of drug-likeness (QED) is 0.516. The average molecular weight is 161 g/mol. The van der Waals surface area contributed by atoms with Crippen molar-refractivity contribution in [1.82, 2.24) is 0 Å². The Bertz CT molecular complexity index is 23.6. The molecule has 0 saturated heterocycles. The van der Waals surface area contributed by atoms with Gasteiger partial charge in [-0.2, -0.15) is 0 Å². The van der Waals surface area contributed by atoms with Gasteiger partial charge >= 0.3 is 0 Å². The minimum Gasteiger partial charge on any atom is -0.229 e. The first kappa shape index (κ1) is 5.70. The number of halogens is 3. The number of hydrogen-bond acceptors (Lipinski definition) is 0. The van der Waals surface area contributed by atoms with Crippen LogP contribution in [-0.4, -0.2) is 11.0 Å². The maximum absolute atomic E-state index is 11.1. The Morgan fingerprint density at radius 2 is 2.20 bits per heavy atom. The third-order valence-corrected chi connectivity index (χ3v) is 1.21. The van der Waals surface area contributed by atoms with Crippen LogP contribution in [0.25, 0.3) is 0 Å². The summed E-state index contributed by atoms with van der Waals surface area (Å²) in [5.41, 5.74) is -1.23. The highest BCUT2D eigenvalue weighted by atomic mass is 79.9. The van der Waals surface area contributed by atoms with Gasteiger partial charge in [0.05, 0.1) is 0 Å². The second kappa shape index (κ2) is 2.91. The number of rotatable bonds is 1. The molecule has 0 radical (unpaired) electrons. The lowest BCUT2D eigenvalue weighted by atomic mass is 10.9. The highest BCUT2D eigenvalue weighted by molar-refractivity contribution is 9.09. The van der Waals surface area contributed by atoms with E-state index < -0.39 is 5.63 Å². The molecule has 0 bridgehead atoms. The predicted molar refractivity (Wildman–Crippen MR) is 24.5 cm³/mol. The van der Waals surface area contributed by atoms with E-state index in [9.17, 15) is 4.39 Å². The van der Waals surface area contributed by atoms with Crippen molar-refractivity contribution in [1.29, 1.82) is 0 Å². The van der Waals surface area contributed by atoms with Crippen LogP contribution in [0.5, 0.6) is 0 Å². The van der Waals surface area contributed by atoms with Gasteiger partial charge in [0.1, 0.15) is 0 Å². The predicted octanol–water partition coefficient (Wildman–Crippen LogP) is 1.92. The van der Waals surface area contributed by atoms with Crippen LogP contribution >= 0.6 is 27.5 Å². The smallest absolute Gasteiger partial charge is 0.183 e. The lowest BCUT2D eigenvalue weighted by Crippen LogP contribution is -1.84. The van der Waals surface area contributed by atoms with E-state index in [-0.39, 0.29) is 5.33 Å². The minimum atomic E-state index is -1.23. The molecule has 0 aliphatic heterocycles. The molecule has 0 spiro atoms. The van der Waals surface area contributed by atoms with E-state index in [0.717, 1.165) is 0 Å². The molecule has 0 nitrogen and oxygen atoms in total. The first-order valence-electron chi connectivity index (χ1n) is 1.11. The van der Waals surface area contributed by atoms with Crippen molar-refractivity contribution in [2.24, 2.45) is 0 Å². The van der Waals surface area contributed by atoms with Gasteiger partial charge in [-0.25, -0.2) is 4.39 Å². The largest absolute Gasteiger partial charge is 0.229 e. The summed E-state index contributed by atoms with van der Waals surface area (Å²) in [6.07, 6.45) is 0. The molecule has 0 aromatic rings. The summed E-state index contributed by atoms with van der Waals surface area (Å²) in [5.74, 6) is 0. The van der Waals surface area contributed by atoms with Gasteiger partial charge in [-0.15, -0.1) is 0 Å². The Morgan fingerprint density at radius 3 is 2.20 bits per heavy atom. The Balaban J connectivity index is 2.54. The van der Waals surface area contributed by atoms with Crippen molar-refractivity contribution >= 4 is 27.5 Å². The SMILES string of the molecule is FC(Cl)CBr. The van der Waals surface area contributed by atoms with Gasteiger partial charge in [0, 0.05) is 5.33 Å². The summed E-state index contributed by atoms with van der Waals surface area (Å²) in [5, 5.41) is 0.217. The molecule has 32 valence electrons. The molecule has 0 aliphatic rings. The van der Waals surface area contributed by atoms with Gasteiger partial charge in [-0.1, -0.05) is 27.5 Å². The first-order chi connectivity index (χ1) is 2.27. The normalized spacial score (nSPS) is 15.0. The summed E-state index contributed by atoms with van der Waals surface area (Å²) in [4.78, 5) is 0. The Hall–Kier alpha value is 0.700. The number of alkyl halides is 3. The molecule has 0 aromatic heterocycles. The zero-order valence-electron chi connectivity index (χ0n) is 2.42.